The molecule has 0 aliphatic rings. The van der Waals surface area contributed by atoms with Crippen molar-refractivity contribution in [3.8, 4) is 0 Å². The SMILES string of the molecule is CC(C)(C)[SiH2]OC(C)(C)c1cc(N)cc(C(F)(F)F)c1. The highest BCUT2D eigenvalue weighted by molar-refractivity contribution is 6.31. The topological polar surface area (TPSA) is 35.2 Å². The lowest BCUT2D eigenvalue weighted by Gasteiger charge is -2.31. The van der Waals surface area contributed by atoms with Crippen LogP contribution in [0.25, 0.3) is 0 Å². The third-order valence-corrected chi connectivity index (χ3v) is 4.58. The van der Waals surface area contributed by atoms with E-state index in [-0.39, 0.29) is 10.7 Å². The molecular formula is C14H22F3NOSi. The zero-order valence-electron chi connectivity index (χ0n) is 12.6. The van der Waals surface area contributed by atoms with Gasteiger partial charge in [0, 0.05) is 5.69 Å². The number of nitrogens with two attached hydrogens (primary N) is 1. The van der Waals surface area contributed by atoms with E-state index in [0.29, 0.717) is 5.56 Å². The minimum Gasteiger partial charge on any atom is -0.415 e. The Labute approximate surface area is 120 Å². The van der Waals surface area contributed by atoms with Gasteiger partial charge in [-0.3, -0.25) is 0 Å². The minimum atomic E-state index is -4.40. The first-order valence-corrected chi connectivity index (χ1v) is 7.72. The highest BCUT2D eigenvalue weighted by Gasteiger charge is 2.33. The highest BCUT2D eigenvalue weighted by Crippen LogP contribution is 2.36. The summed E-state index contributed by atoms with van der Waals surface area (Å²) < 4.78 is 44.4. The van der Waals surface area contributed by atoms with Gasteiger partial charge in [-0.2, -0.15) is 13.2 Å². The molecule has 1 aromatic carbocycles. The van der Waals surface area contributed by atoms with Crippen LogP contribution in [0.5, 0.6) is 0 Å². The van der Waals surface area contributed by atoms with E-state index in [0.717, 1.165) is 12.1 Å². The molecule has 2 N–H and O–H groups in total. The molecule has 0 amide bonds. The summed E-state index contributed by atoms with van der Waals surface area (Å²) in [6, 6.07) is 3.61. The smallest absolute Gasteiger partial charge is 0.415 e. The van der Waals surface area contributed by atoms with Crippen LogP contribution in [0.2, 0.25) is 5.04 Å². The van der Waals surface area contributed by atoms with Gasteiger partial charge < -0.3 is 10.2 Å². The van der Waals surface area contributed by atoms with Gasteiger partial charge in [0.15, 0.2) is 9.76 Å². The van der Waals surface area contributed by atoms with E-state index in [1.807, 2.05) is 0 Å². The van der Waals surface area contributed by atoms with Crippen LogP contribution < -0.4 is 5.73 Å². The molecule has 0 saturated heterocycles. The quantitative estimate of drug-likeness (QED) is 0.680. The summed E-state index contributed by atoms with van der Waals surface area (Å²) in [4.78, 5) is 0. The molecule has 0 aliphatic carbocycles. The average Bonchev–Trinajstić information content (AvgIpc) is 2.23. The number of rotatable bonds is 3. The van der Waals surface area contributed by atoms with Crippen molar-refractivity contribution in [1.29, 1.82) is 0 Å². The lowest BCUT2D eigenvalue weighted by atomic mass is 9.95. The van der Waals surface area contributed by atoms with Crippen molar-refractivity contribution in [2.75, 3.05) is 5.73 Å². The number of benzene rings is 1. The fourth-order valence-electron chi connectivity index (χ4n) is 1.64. The second-order valence-corrected chi connectivity index (χ2v) is 9.40. The Balaban J connectivity index is 3.09. The number of anilines is 1. The molecule has 0 bridgehead atoms. The first-order chi connectivity index (χ1) is 8.81. The van der Waals surface area contributed by atoms with Crippen LogP contribution in [-0.4, -0.2) is 9.76 Å². The number of halogens is 3. The lowest BCUT2D eigenvalue weighted by molar-refractivity contribution is -0.137. The standard InChI is InChI=1S/C14H22F3NOSi/c1-12(2,3)20-19-13(4,5)9-6-10(14(15,16)17)8-11(18)7-9/h6-8H,18,20H2,1-5H3. The van der Waals surface area contributed by atoms with Crippen molar-refractivity contribution in [3.05, 3.63) is 29.3 Å². The summed E-state index contributed by atoms with van der Waals surface area (Å²) >= 11 is 0. The summed E-state index contributed by atoms with van der Waals surface area (Å²) in [5.41, 5.74) is 4.65. The van der Waals surface area contributed by atoms with Crippen molar-refractivity contribution in [2.24, 2.45) is 0 Å². The molecule has 0 fully saturated rings. The van der Waals surface area contributed by atoms with E-state index in [4.69, 9.17) is 10.2 Å². The Morgan fingerprint density at radius 1 is 0.950 bits per heavy atom. The maximum absolute atomic E-state index is 12.8. The largest absolute Gasteiger partial charge is 0.416 e. The van der Waals surface area contributed by atoms with E-state index in [1.165, 1.54) is 0 Å². The molecule has 0 aliphatic heterocycles. The van der Waals surface area contributed by atoms with Crippen LogP contribution in [0.3, 0.4) is 0 Å². The van der Waals surface area contributed by atoms with Crippen LogP contribution in [0.4, 0.5) is 18.9 Å². The molecular weight excluding hydrogens is 283 g/mol. The van der Waals surface area contributed by atoms with Gasteiger partial charge in [-0.15, -0.1) is 0 Å². The Morgan fingerprint density at radius 2 is 1.45 bits per heavy atom. The Kier molecular flexibility index (Phi) is 4.61. The predicted molar refractivity (Wildman–Crippen MR) is 78.2 cm³/mol. The van der Waals surface area contributed by atoms with Crippen LogP contribution in [0.1, 0.15) is 45.7 Å². The average molecular weight is 305 g/mol. The molecule has 1 rings (SSSR count). The molecule has 114 valence electrons. The maximum Gasteiger partial charge on any atom is 0.416 e. The van der Waals surface area contributed by atoms with Gasteiger partial charge in [0.2, 0.25) is 0 Å². The normalized spacial score (nSPS) is 14.2. The van der Waals surface area contributed by atoms with E-state index >= 15 is 0 Å². The second kappa shape index (κ2) is 5.41. The van der Waals surface area contributed by atoms with E-state index in [9.17, 15) is 13.2 Å². The van der Waals surface area contributed by atoms with Gasteiger partial charge in [-0.05, 0) is 42.6 Å². The lowest BCUT2D eigenvalue weighted by Crippen LogP contribution is -2.28. The van der Waals surface area contributed by atoms with Gasteiger partial charge in [-0.25, -0.2) is 0 Å². The number of hydrogen-bond acceptors (Lipinski definition) is 2. The zero-order valence-corrected chi connectivity index (χ0v) is 14.0. The number of alkyl halides is 3. The van der Waals surface area contributed by atoms with Crippen LogP contribution in [0, 0.1) is 0 Å². The monoisotopic (exact) mass is 305 g/mol. The van der Waals surface area contributed by atoms with Gasteiger partial charge in [0.25, 0.3) is 0 Å². The van der Waals surface area contributed by atoms with Gasteiger partial charge in [-0.1, -0.05) is 20.8 Å². The Hall–Kier alpha value is -1.01. The molecule has 1 aromatic rings. The van der Waals surface area contributed by atoms with Gasteiger partial charge >= 0.3 is 6.18 Å². The highest BCUT2D eigenvalue weighted by atomic mass is 28.2. The third kappa shape index (κ3) is 4.83. The Morgan fingerprint density at radius 3 is 1.90 bits per heavy atom. The van der Waals surface area contributed by atoms with Gasteiger partial charge in [0.05, 0.1) is 11.2 Å². The Bertz CT molecular complexity index is 478. The molecule has 0 radical (unpaired) electrons. The van der Waals surface area contributed by atoms with Gasteiger partial charge in [0.1, 0.15) is 0 Å². The summed E-state index contributed by atoms with van der Waals surface area (Å²) in [5.74, 6) is 0. The van der Waals surface area contributed by atoms with Crippen LogP contribution >= 0.6 is 0 Å². The molecule has 2 nitrogen and oxygen atoms in total. The first-order valence-electron chi connectivity index (χ1n) is 6.43. The van der Waals surface area contributed by atoms with Crippen molar-refractivity contribution in [3.63, 3.8) is 0 Å². The zero-order chi connectivity index (χ0) is 15.8. The molecule has 20 heavy (non-hydrogen) atoms. The molecule has 6 heteroatoms. The number of hydrogen-bond donors (Lipinski definition) is 1. The van der Waals surface area contributed by atoms with E-state index in [1.54, 1.807) is 19.9 Å². The van der Waals surface area contributed by atoms with Crippen molar-refractivity contribution >= 4 is 15.5 Å². The second-order valence-electron chi connectivity index (χ2n) is 6.70. The van der Waals surface area contributed by atoms with E-state index in [2.05, 4.69) is 20.8 Å². The summed E-state index contributed by atoms with van der Waals surface area (Å²) in [5, 5.41) is 0.0739. The number of nitrogen functional groups attached to an aromatic ring is 1. The van der Waals surface area contributed by atoms with Crippen LogP contribution in [-0.2, 0) is 16.2 Å². The van der Waals surface area contributed by atoms with E-state index < -0.39 is 27.1 Å². The summed E-state index contributed by atoms with van der Waals surface area (Å²) in [6.45, 7) is 9.75. The molecule has 0 spiro atoms. The fraction of sp³-hybridized carbons (Fsp3) is 0.571. The van der Waals surface area contributed by atoms with Crippen LogP contribution in [0.15, 0.2) is 18.2 Å². The first kappa shape index (κ1) is 17.0. The molecule has 0 unspecified atom stereocenters. The van der Waals surface area contributed by atoms with Crippen molar-refractivity contribution < 1.29 is 17.6 Å². The third-order valence-electron chi connectivity index (χ3n) is 2.84. The molecule has 0 heterocycles. The molecule has 0 saturated carbocycles. The molecule has 0 aromatic heterocycles. The minimum absolute atomic E-state index is 0.0739. The fourth-order valence-corrected chi connectivity index (χ4v) is 2.60. The van der Waals surface area contributed by atoms with Crippen molar-refractivity contribution in [1.82, 2.24) is 0 Å². The summed E-state index contributed by atoms with van der Waals surface area (Å²) in [7, 11) is -0.879. The summed E-state index contributed by atoms with van der Waals surface area (Å²) in [6.07, 6.45) is -4.40. The maximum atomic E-state index is 12.8. The van der Waals surface area contributed by atoms with Crippen molar-refractivity contribution in [2.45, 2.75) is 51.4 Å². The predicted octanol–water partition coefficient (Wildman–Crippen LogP) is 3.84. The molecule has 0 atom stereocenters.